The van der Waals surface area contributed by atoms with Gasteiger partial charge in [0.15, 0.2) is 11.5 Å². The largest absolute Gasteiger partial charge is 0.504 e. The molecule has 2 N–H and O–H groups in total. The number of hydrogen-bond donors (Lipinski definition) is 2. The van der Waals surface area contributed by atoms with Gasteiger partial charge in [0.1, 0.15) is 0 Å². The number of nitrogens with one attached hydrogen (secondary N) is 1. The summed E-state index contributed by atoms with van der Waals surface area (Å²) in [5.41, 5.74) is 2.63. The van der Waals surface area contributed by atoms with Crippen molar-refractivity contribution in [3.05, 3.63) is 52.0 Å². The smallest absolute Gasteiger partial charge is 0.256 e. The van der Waals surface area contributed by atoms with E-state index in [0.29, 0.717) is 23.5 Å². The van der Waals surface area contributed by atoms with E-state index >= 15 is 0 Å². The summed E-state index contributed by atoms with van der Waals surface area (Å²) >= 11 is 3.41. The van der Waals surface area contributed by atoms with Gasteiger partial charge in [-0.1, -0.05) is 28.1 Å². The minimum Gasteiger partial charge on any atom is -0.504 e. The highest BCUT2D eigenvalue weighted by Crippen LogP contribution is 2.38. The average Bonchev–Trinajstić information content (AvgIpc) is 2.79. The van der Waals surface area contributed by atoms with Crippen LogP contribution in [-0.2, 0) is 4.79 Å². The maximum absolute atomic E-state index is 12.2. The minimum absolute atomic E-state index is 0.0353. The first-order valence-corrected chi connectivity index (χ1v) is 7.67. The molecule has 4 nitrogen and oxygen atoms in total. The molecule has 1 amide bonds. The lowest BCUT2D eigenvalue weighted by Crippen LogP contribution is -2.03. The summed E-state index contributed by atoms with van der Waals surface area (Å²) in [6.07, 6.45) is 1.67. The first-order valence-electron chi connectivity index (χ1n) is 6.88. The standard InChI is InChI=1S/C17H14BrNO3/c1-2-22-15-5-3-4-10(16(15)20)8-13-12-9-11(18)6-7-14(12)19-17(13)21/h3-9,20H,2H2,1H3,(H,19,21). The van der Waals surface area contributed by atoms with Gasteiger partial charge >= 0.3 is 0 Å². The Balaban J connectivity index is 2.09. The first-order chi connectivity index (χ1) is 10.6. The van der Waals surface area contributed by atoms with Gasteiger partial charge in [-0.15, -0.1) is 0 Å². The molecule has 5 heteroatoms. The zero-order valence-corrected chi connectivity index (χ0v) is 13.5. The third kappa shape index (κ3) is 2.60. The maximum atomic E-state index is 12.2. The molecule has 1 aliphatic rings. The van der Waals surface area contributed by atoms with Crippen LogP contribution in [0.2, 0.25) is 0 Å². The zero-order chi connectivity index (χ0) is 15.7. The number of amides is 1. The van der Waals surface area contributed by atoms with Crippen molar-refractivity contribution in [1.29, 1.82) is 0 Å². The van der Waals surface area contributed by atoms with Crippen molar-refractivity contribution < 1.29 is 14.6 Å². The van der Waals surface area contributed by atoms with Gasteiger partial charge in [-0.25, -0.2) is 0 Å². The normalized spacial score (nSPS) is 14.8. The zero-order valence-electron chi connectivity index (χ0n) is 11.9. The van der Waals surface area contributed by atoms with E-state index in [-0.39, 0.29) is 11.7 Å². The van der Waals surface area contributed by atoms with Crippen molar-refractivity contribution in [1.82, 2.24) is 0 Å². The lowest BCUT2D eigenvalue weighted by Gasteiger charge is -2.08. The van der Waals surface area contributed by atoms with Gasteiger partial charge in [-0.05, 0) is 37.3 Å². The molecule has 1 heterocycles. The molecule has 2 aromatic rings. The molecule has 1 aliphatic heterocycles. The summed E-state index contributed by atoms with van der Waals surface area (Å²) in [5.74, 6) is 0.257. The topological polar surface area (TPSA) is 58.6 Å². The van der Waals surface area contributed by atoms with Crippen molar-refractivity contribution in [2.24, 2.45) is 0 Å². The number of hydrogen-bond acceptors (Lipinski definition) is 3. The van der Waals surface area contributed by atoms with Gasteiger partial charge < -0.3 is 15.2 Å². The molecular formula is C17H14BrNO3. The Kier molecular flexibility index (Phi) is 3.90. The highest BCUT2D eigenvalue weighted by Gasteiger charge is 2.24. The number of carbonyl (C=O) groups is 1. The van der Waals surface area contributed by atoms with Crippen molar-refractivity contribution in [3.63, 3.8) is 0 Å². The lowest BCUT2D eigenvalue weighted by atomic mass is 10.0. The molecule has 0 unspecified atom stereocenters. The molecule has 22 heavy (non-hydrogen) atoms. The van der Waals surface area contributed by atoms with Crippen molar-refractivity contribution in [2.45, 2.75) is 6.92 Å². The Morgan fingerprint density at radius 1 is 1.32 bits per heavy atom. The number of phenolic OH excluding ortho intramolecular Hbond substituents is 1. The molecule has 112 valence electrons. The van der Waals surface area contributed by atoms with E-state index in [1.165, 1.54) is 0 Å². The maximum Gasteiger partial charge on any atom is 0.256 e. The molecule has 0 bridgehead atoms. The monoisotopic (exact) mass is 359 g/mol. The van der Waals surface area contributed by atoms with Crippen molar-refractivity contribution >= 4 is 39.2 Å². The van der Waals surface area contributed by atoms with Gasteiger partial charge in [0.25, 0.3) is 5.91 Å². The quantitative estimate of drug-likeness (QED) is 0.812. The number of aromatic hydroxyl groups is 1. The van der Waals surface area contributed by atoms with E-state index in [1.807, 2.05) is 25.1 Å². The Morgan fingerprint density at radius 2 is 2.14 bits per heavy atom. The molecule has 0 aromatic heterocycles. The number of rotatable bonds is 3. The van der Waals surface area contributed by atoms with Gasteiger partial charge in [-0.2, -0.15) is 0 Å². The van der Waals surface area contributed by atoms with Crippen LogP contribution in [0.3, 0.4) is 0 Å². The number of halogens is 1. The third-order valence-electron chi connectivity index (χ3n) is 3.39. The molecule has 0 aliphatic carbocycles. The van der Waals surface area contributed by atoms with E-state index < -0.39 is 0 Å². The second-order valence-electron chi connectivity index (χ2n) is 4.83. The lowest BCUT2D eigenvalue weighted by molar-refractivity contribution is -0.110. The molecule has 0 fully saturated rings. The predicted molar refractivity (Wildman–Crippen MR) is 89.9 cm³/mol. The molecule has 0 saturated heterocycles. The van der Waals surface area contributed by atoms with Gasteiger partial charge in [0, 0.05) is 26.9 Å². The fourth-order valence-corrected chi connectivity index (χ4v) is 2.75. The summed E-state index contributed by atoms with van der Waals surface area (Å²) in [6.45, 7) is 2.31. The molecule has 0 spiro atoms. The molecule has 2 aromatic carbocycles. The van der Waals surface area contributed by atoms with Crippen LogP contribution >= 0.6 is 15.9 Å². The summed E-state index contributed by atoms with van der Waals surface area (Å²) in [5, 5.41) is 13.1. The van der Waals surface area contributed by atoms with E-state index in [1.54, 1.807) is 24.3 Å². The SMILES string of the molecule is CCOc1cccc(C=C2C(=O)Nc3ccc(Br)cc32)c1O. The summed E-state index contributed by atoms with van der Waals surface area (Å²) in [4.78, 5) is 12.2. The number of phenols is 1. The molecule has 0 saturated carbocycles. The number of fused-ring (bicyclic) bond motifs is 1. The van der Waals surface area contributed by atoms with Crippen LogP contribution in [0.5, 0.6) is 11.5 Å². The fraction of sp³-hybridized carbons (Fsp3) is 0.118. The molecule has 0 atom stereocenters. The van der Waals surface area contributed by atoms with Crippen molar-refractivity contribution in [2.75, 3.05) is 11.9 Å². The van der Waals surface area contributed by atoms with E-state index in [2.05, 4.69) is 21.2 Å². The third-order valence-corrected chi connectivity index (χ3v) is 3.89. The summed E-state index contributed by atoms with van der Waals surface area (Å²) in [7, 11) is 0. The number of para-hydroxylation sites is 1. The summed E-state index contributed by atoms with van der Waals surface area (Å²) in [6, 6.07) is 10.8. The molecule has 3 rings (SSSR count). The van der Waals surface area contributed by atoms with Gasteiger partial charge in [0.05, 0.1) is 6.61 Å². The van der Waals surface area contributed by atoms with E-state index in [9.17, 15) is 9.90 Å². The highest BCUT2D eigenvalue weighted by atomic mass is 79.9. The number of benzene rings is 2. The Morgan fingerprint density at radius 3 is 2.91 bits per heavy atom. The number of ether oxygens (including phenoxy) is 1. The summed E-state index contributed by atoms with van der Waals surface area (Å²) < 4.78 is 6.26. The molecule has 0 radical (unpaired) electrons. The highest BCUT2D eigenvalue weighted by molar-refractivity contribution is 9.10. The second kappa shape index (κ2) is 5.85. The van der Waals surface area contributed by atoms with Crippen LogP contribution < -0.4 is 10.1 Å². The van der Waals surface area contributed by atoms with Crippen LogP contribution in [0.1, 0.15) is 18.1 Å². The van der Waals surface area contributed by atoms with E-state index in [0.717, 1.165) is 15.7 Å². The van der Waals surface area contributed by atoms with Crippen LogP contribution in [-0.4, -0.2) is 17.6 Å². The number of anilines is 1. The van der Waals surface area contributed by atoms with Crippen molar-refractivity contribution in [3.8, 4) is 11.5 Å². The van der Waals surface area contributed by atoms with Gasteiger partial charge in [0.2, 0.25) is 0 Å². The average molecular weight is 360 g/mol. The number of carbonyl (C=O) groups excluding carboxylic acids is 1. The second-order valence-corrected chi connectivity index (χ2v) is 5.74. The van der Waals surface area contributed by atoms with Crippen LogP contribution in [0.25, 0.3) is 11.6 Å². The fourth-order valence-electron chi connectivity index (χ4n) is 2.39. The minimum atomic E-state index is -0.186. The molecular weight excluding hydrogens is 346 g/mol. The Labute approximate surface area is 136 Å². The Hall–Kier alpha value is -2.27. The predicted octanol–water partition coefficient (Wildman–Crippen LogP) is 4.05. The van der Waals surface area contributed by atoms with E-state index in [4.69, 9.17) is 4.74 Å². The first kappa shape index (κ1) is 14.7. The Bertz CT molecular complexity index is 783. The van der Waals surface area contributed by atoms with Crippen LogP contribution in [0.15, 0.2) is 40.9 Å². The van der Waals surface area contributed by atoms with Gasteiger partial charge in [-0.3, -0.25) is 4.79 Å². The van der Waals surface area contributed by atoms with Crippen LogP contribution in [0.4, 0.5) is 5.69 Å². The van der Waals surface area contributed by atoms with Crippen LogP contribution in [0, 0.1) is 0 Å².